The van der Waals surface area contributed by atoms with E-state index in [2.05, 4.69) is 15.4 Å². The normalized spacial score (nSPS) is 11.7. The summed E-state index contributed by atoms with van der Waals surface area (Å²) in [5.41, 5.74) is 0.0981. The molecule has 8 heteroatoms. The van der Waals surface area contributed by atoms with Crippen LogP contribution in [0.25, 0.3) is 5.69 Å². The average molecular weight is 427 g/mol. The number of rotatable bonds is 6. The van der Waals surface area contributed by atoms with E-state index < -0.39 is 23.2 Å². The van der Waals surface area contributed by atoms with Gasteiger partial charge in [-0.1, -0.05) is 54.6 Å². The number of pyridine rings is 1. The number of carbonyl (C=O) groups excluding carboxylic acids is 1. The molecule has 1 amide bonds. The monoisotopic (exact) mass is 427 g/mol. The summed E-state index contributed by atoms with van der Waals surface area (Å²) in [6, 6.07) is 22.6. The molecular formula is C24H21N5O3. The van der Waals surface area contributed by atoms with Gasteiger partial charge in [0.15, 0.2) is 0 Å². The Bertz CT molecular complexity index is 1330. The van der Waals surface area contributed by atoms with Gasteiger partial charge >= 0.3 is 5.69 Å². The van der Waals surface area contributed by atoms with Gasteiger partial charge in [-0.2, -0.15) is 9.78 Å². The zero-order chi connectivity index (χ0) is 22.5. The second-order valence-electron chi connectivity index (χ2n) is 7.14. The molecule has 0 aliphatic carbocycles. The van der Waals surface area contributed by atoms with Crippen LogP contribution in [0.3, 0.4) is 0 Å². The Balaban J connectivity index is 1.81. The molecule has 4 rings (SSSR count). The highest BCUT2D eigenvalue weighted by atomic mass is 16.2. The largest absolute Gasteiger partial charge is 0.352 e. The van der Waals surface area contributed by atoms with Crippen LogP contribution in [0.15, 0.2) is 94.6 Å². The van der Waals surface area contributed by atoms with Crippen molar-refractivity contribution in [2.75, 3.05) is 0 Å². The molecule has 160 valence electrons. The lowest BCUT2D eigenvalue weighted by Gasteiger charge is -2.17. The molecule has 0 radical (unpaired) electrons. The van der Waals surface area contributed by atoms with E-state index in [9.17, 15) is 14.4 Å². The zero-order valence-corrected chi connectivity index (χ0v) is 17.4. The lowest BCUT2D eigenvalue weighted by atomic mass is 10.1. The summed E-state index contributed by atoms with van der Waals surface area (Å²) >= 11 is 0. The molecule has 8 nitrogen and oxygen atoms in total. The van der Waals surface area contributed by atoms with Crippen LogP contribution < -0.4 is 16.6 Å². The molecule has 4 aromatic rings. The quantitative estimate of drug-likeness (QED) is 0.509. The van der Waals surface area contributed by atoms with E-state index in [1.54, 1.807) is 61.7 Å². The Morgan fingerprint density at radius 1 is 0.938 bits per heavy atom. The van der Waals surface area contributed by atoms with E-state index in [1.165, 1.54) is 0 Å². The smallest absolute Gasteiger partial charge is 0.345 e. The van der Waals surface area contributed by atoms with Crippen molar-refractivity contribution >= 4 is 5.91 Å². The number of nitrogens with zero attached hydrogens (tertiary/aromatic N) is 4. The summed E-state index contributed by atoms with van der Waals surface area (Å²) in [5, 5.41) is 6.80. The van der Waals surface area contributed by atoms with Crippen molar-refractivity contribution in [1.29, 1.82) is 0 Å². The number of nitrogens with one attached hydrogen (secondary N) is 1. The van der Waals surface area contributed by atoms with Gasteiger partial charge in [-0.3, -0.25) is 14.6 Å². The third kappa shape index (κ3) is 4.24. The van der Waals surface area contributed by atoms with E-state index in [0.29, 0.717) is 11.4 Å². The standard InChI is InChI=1S/C24H21N5O3/c1-17(18-10-4-2-5-11-18)28-23(31)21(22(30)26-16-19-12-8-9-15-25-19)27-29(24(28)32)20-13-6-3-7-14-20/h2-15,17H,16H2,1H3,(H,26,30)/t17-/m0/s1. The highest BCUT2D eigenvalue weighted by Crippen LogP contribution is 2.14. The van der Waals surface area contributed by atoms with Crippen LogP contribution in [0, 0.1) is 0 Å². The van der Waals surface area contributed by atoms with Crippen LogP contribution in [0.1, 0.15) is 34.7 Å². The summed E-state index contributed by atoms with van der Waals surface area (Å²) in [4.78, 5) is 43.6. The number of hydrogen-bond acceptors (Lipinski definition) is 5. The number of carbonyl (C=O) groups is 1. The van der Waals surface area contributed by atoms with Crippen molar-refractivity contribution in [3.8, 4) is 5.69 Å². The van der Waals surface area contributed by atoms with Crippen LogP contribution in [0.4, 0.5) is 0 Å². The third-order valence-corrected chi connectivity index (χ3v) is 5.05. The van der Waals surface area contributed by atoms with Gasteiger partial charge in [0.25, 0.3) is 11.5 Å². The van der Waals surface area contributed by atoms with Crippen molar-refractivity contribution in [2.45, 2.75) is 19.5 Å². The molecule has 0 aliphatic heterocycles. The topological polar surface area (TPSA) is 98.9 Å². The van der Waals surface area contributed by atoms with E-state index in [4.69, 9.17) is 0 Å². The maximum Gasteiger partial charge on any atom is 0.352 e. The van der Waals surface area contributed by atoms with Gasteiger partial charge in [0, 0.05) is 6.20 Å². The maximum absolute atomic E-state index is 13.3. The Morgan fingerprint density at radius 3 is 2.25 bits per heavy atom. The average Bonchev–Trinajstić information content (AvgIpc) is 2.84. The first kappa shape index (κ1) is 20.9. The summed E-state index contributed by atoms with van der Waals surface area (Å²) in [7, 11) is 0. The number of amides is 1. The predicted molar refractivity (Wildman–Crippen MR) is 120 cm³/mol. The SMILES string of the molecule is C[C@@H](c1ccccc1)n1c(=O)c(C(=O)NCc2ccccn2)nn(-c2ccccc2)c1=O. The van der Waals surface area contributed by atoms with Crippen LogP contribution in [0.5, 0.6) is 0 Å². The highest BCUT2D eigenvalue weighted by Gasteiger charge is 2.23. The molecule has 0 aliphatic rings. The van der Waals surface area contributed by atoms with Gasteiger partial charge in [-0.15, -0.1) is 0 Å². The Kier molecular flexibility index (Phi) is 6.03. The number of aromatic nitrogens is 4. The van der Waals surface area contributed by atoms with Crippen LogP contribution in [-0.2, 0) is 6.54 Å². The summed E-state index contributed by atoms with van der Waals surface area (Å²) < 4.78 is 2.14. The summed E-state index contributed by atoms with van der Waals surface area (Å²) in [5.74, 6) is -0.681. The first-order chi connectivity index (χ1) is 15.6. The lowest BCUT2D eigenvalue weighted by molar-refractivity contribution is 0.0940. The fourth-order valence-electron chi connectivity index (χ4n) is 3.35. The molecule has 2 heterocycles. The molecule has 0 saturated carbocycles. The molecule has 0 spiro atoms. The first-order valence-corrected chi connectivity index (χ1v) is 10.1. The Morgan fingerprint density at radius 2 is 1.59 bits per heavy atom. The second-order valence-corrected chi connectivity index (χ2v) is 7.14. The van der Waals surface area contributed by atoms with E-state index in [0.717, 1.165) is 14.8 Å². The van der Waals surface area contributed by atoms with Gasteiger partial charge in [-0.25, -0.2) is 9.36 Å². The lowest BCUT2D eigenvalue weighted by Crippen LogP contribution is -2.47. The van der Waals surface area contributed by atoms with Crippen molar-refractivity contribution in [2.24, 2.45) is 0 Å². The van der Waals surface area contributed by atoms with Gasteiger partial charge in [0.2, 0.25) is 5.69 Å². The molecule has 0 saturated heterocycles. The number of para-hydroxylation sites is 1. The molecule has 1 N–H and O–H groups in total. The number of benzene rings is 2. The van der Waals surface area contributed by atoms with Gasteiger partial charge in [0.1, 0.15) is 0 Å². The molecule has 0 unspecified atom stereocenters. The minimum absolute atomic E-state index is 0.124. The van der Waals surface area contributed by atoms with Gasteiger partial charge in [-0.05, 0) is 36.8 Å². The molecule has 1 atom stereocenters. The van der Waals surface area contributed by atoms with Crippen LogP contribution in [-0.4, -0.2) is 25.2 Å². The first-order valence-electron chi connectivity index (χ1n) is 10.1. The molecule has 2 aromatic heterocycles. The zero-order valence-electron chi connectivity index (χ0n) is 17.4. The highest BCUT2D eigenvalue weighted by molar-refractivity contribution is 5.91. The van der Waals surface area contributed by atoms with Crippen LogP contribution in [0.2, 0.25) is 0 Å². The fourth-order valence-corrected chi connectivity index (χ4v) is 3.35. The Labute approximate surface area is 183 Å². The molecular weight excluding hydrogens is 406 g/mol. The van der Waals surface area contributed by atoms with Crippen molar-refractivity contribution in [3.05, 3.63) is 123 Å². The predicted octanol–water partition coefficient (Wildman–Crippen LogP) is 2.33. The minimum atomic E-state index is -0.753. The van der Waals surface area contributed by atoms with E-state index in [1.807, 2.05) is 30.3 Å². The molecule has 0 bridgehead atoms. The second kappa shape index (κ2) is 9.22. The Hall–Kier alpha value is -4.33. The van der Waals surface area contributed by atoms with Crippen molar-refractivity contribution < 1.29 is 4.79 Å². The van der Waals surface area contributed by atoms with Crippen molar-refractivity contribution in [1.82, 2.24) is 24.6 Å². The molecule has 32 heavy (non-hydrogen) atoms. The van der Waals surface area contributed by atoms with Gasteiger partial charge < -0.3 is 5.32 Å². The van der Waals surface area contributed by atoms with Crippen LogP contribution >= 0.6 is 0 Å². The molecule has 0 fully saturated rings. The number of hydrogen-bond donors (Lipinski definition) is 1. The van der Waals surface area contributed by atoms with Crippen molar-refractivity contribution in [3.63, 3.8) is 0 Å². The summed E-state index contributed by atoms with van der Waals surface area (Å²) in [6.45, 7) is 1.86. The molecule has 2 aromatic carbocycles. The third-order valence-electron chi connectivity index (χ3n) is 5.05. The van der Waals surface area contributed by atoms with E-state index in [-0.39, 0.29) is 12.2 Å². The van der Waals surface area contributed by atoms with E-state index >= 15 is 0 Å². The maximum atomic E-state index is 13.3. The minimum Gasteiger partial charge on any atom is -0.345 e. The van der Waals surface area contributed by atoms with Gasteiger partial charge in [0.05, 0.1) is 24.0 Å². The summed E-state index contributed by atoms with van der Waals surface area (Å²) in [6.07, 6.45) is 1.61. The fraction of sp³-hybridized carbons (Fsp3) is 0.125.